The molecule has 0 bridgehead atoms. The monoisotopic (exact) mass is 346 g/mol. The molecule has 3 aromatic rings. The molecule has 1 N–H and O–H groups in total. The van der Waals surface area contributed by atoms with E-state index in [1.54, 1.807) is 24.7 Å². The van der Waals surface area contributed by atoms with Crippen LogP contribution in [0, 0.1) is 13.8 Å². The van der Waals surface area contributed by atoms with E-state index in [0.717, 1.165) is 11.1 Å². The number of hydrogen-bond acceptors (Lipinski definition) is 5. The molecule has 0 saturated carbocycles. The first-order valence-corrected chi connectivity index (χ1v) is 8.92. The summed E-state index contributed by atoms with van der Waals surface area (Å²) in [4.78, 5) is 0.0965. The molecule has 24 heavy (non-hydrogen) atoms. The van der Waals surface area contributed by atoms with Gasteiger partial charge in [0.15, 0.2) is 5.76 Å². The van der Waals surface area contributed by atoms with E-state index in [9.17, 15) is 8.42 Å². The molecule has 0 radical (unpaired) electrons. The highest BCUT2D eigenvalue weighted by Gasteiger charge is 2.23. The molecule has 0 saturated heterocycles. The van der Waals surface area contributed by atoms with Crippen LogP contribution in [0.1, 0.15) is 22.6 Å². The van der Waals surface area contributed by atoms with E-state index in [1.165, 1.54) is 0 Å². The molecule has 0 spiro atoms. The van der Waals surface area contributed by atoms with Crippen LogP contribution in [0.4, 0.5) is 0 Å². The lowest BCUT2D eigenvalue weighted by molar-refractivity contribution is 0.390. The van der Waals surface area contributed by atoms with Crippen molar-refractivity contribution in [1.29, 1.82) is 0 Å². The molecule has 0 unspecified atom stereocenters. The molecule has 0 aliphatic heterocycles. The predicted molar refractivity (Wildman–Crippen MR) is 87.8 cm³/mol. The maximum atomic E-state index is 12.4. The number of nitrogens with zero attached hydrogens (tertiary/aromatic N) is 3. The summed E-state index contributed by atoms with van der Waals surface area (Å²) in [7, 11) is -3.67. The van der Waals surface area contributed by atoms with Gasteiger partial charge in [0.25, 0.3) is 0 Å². The van der Waals surface area contributed by atoms with Crippen LogP contribution < -0.4 is 4.72 Å². The number of nitrogens with one attached hydrogen (secondary N) is 1. The van der Waals surface area contributed by atoms with Crippen LogP contribution in [-0.4, -0.2) is 23.4 Å². The van der Waals surface area contributed by atoms with E-state index >= 15 is 0 Å². The van der Waals surface area contributed by atoms with Crippen molar-refractivity contribution in [2.24, 2.45) is 0 Å². The SMILES string of the molecule is Cc1noc(C)c1S(=O)(=O)NCc1cnn(Cc2ccccc2)c1. The molecule has 0 atom stereocenters. The second-order valence-corrected chi connectivity index (χ2v) is 7.21. The Hall–Kier alpha value is -2.45. The van der Waals surface area contributed by atoms with Crippen LogP contribution in [0.25, 0.3) is 0 Å². The van der Waals surface area contributed by atoms with Gasteiger partial charge in [-0.25, -0.2) is 13.1 Å². The summed E-state index contributed by atoms with van der Waals surface area (Å²) in [5, 5.41) is 7.94. The van der Waals surface area contributed by atoms with Crippen LogP contribution >= 0.6 is 0 Å². The van der Waals surface area contributed by atoms with Crippen LogP contribution in [-0.2, 0) is 23.1 Å². The zero-order valence-corrected chi connectivity index (χ0v) is 14.2. The van der Waals surface area contributed by atoms with E-state index in [2.05, 4.69) is 15.0 Å². The molecule has 8 heteroatoms. The smallest absolute Gasteiger partial charge is 0.246 e. The Labute approximate surface area is 140 Å². The number of aryl methyl sites for hydroxylation is 2. The van der Waals surface area contributed by atoms with Gasteiger partial charge in [-0.1, -0.05) is 35.5 Å². The van der Waals surface area contributed by atoms with Gasteiger partial charge < -0.3 is 4.52 Å². The van der Waals surface area contributed by atoms with Gasteiger partial charge in [-0.05, 0) is 19.4 Å². The highest BCUT2D eigenvalue weighted by atomic mass is 32.2. The Morgan fingerprint density at radius 3 is 2.58 bits per heavy atom. The minimum Gasteiger partial charge on any atom is -0.360 e. The molecular weight excluding hydrogens is 328 g/mol. The maximum Gasteiger partial charge on any atom is 0.246 e. The van der Waals surface area contributed by atoms with Gasteiger partial charge in [0.1, 0.15) is 10.6 Å². The molecule has 0 aliphatic carbocycles. The summed E-state index contributed by atoms with van der Waals surface area (Å²) in [5.74, 6) is 0.278. The summed E-state index contributed by atoms with van der Waals surface area (Å²) >= 11 is 0. The number of aromatic nitrogens is 3. The van der Waals surface area contributed by atoms with Crippen molar-refractivity contribution >= 4 is 10.0 Å². The highest BCUT2D eigenvalue weighted by Crippen LogP contribution is 2.18. The van der Waals surface area contributed by atoms with Crippen LogP contribution in [0.15, 0.2) is 52.1 Å². The van der Waals surface area contributed by atoms with Crippen molar-refractivity contribution in [2.45, 2.75) is 31.8 Å². The van der Waals surface area contributed by atoms with Gasteiger partial charge in [-0.3, -0.25) is 4.68 Å². The third-order valence-corrected chi connectivity index (χ3v) is 5.22. The number of benzene rings is 1. The van der Waals surface area contributed by atoms with E-state index in [1.807, 2.05) is 36.5 Å². The Kier molecular flexibility index (Phi) is 4.50. The van der Waals surface area contributed by atoms with Gasteiger partial charge in [-0.2, -0.15) is 5.10 Å². The first kappa shape index (κ1) is 16.4. The fraction of sp³-hybridized carbons (Fsp3) is 0.250. The third-order valence-electron chi connectivity index (χ3n) is 3.58. The minimum atomic E-state index is -3.67. The molecule has 2 aromatic heterocycles. The van der Waals surface area contributed by atoms with E-state index in [4.69, 9.17) is 4.52 Å². The summed E-state index contributed by atoms with van der Waals surface area (Å²) in [5.41, 5.74) is 2.25. The van der Waals surface area contributed by atoms with Gasteiger partial charge in [0.05, 0.1) is 12.7 Å². The quantitative estimate of drug-likeness (QED) is 0.737. The van der Waals surface area contributed by atoms with E-state index in [0.29, 0.717) is 12.2 Å². The Morgan fingerprint density at radius 2 is 1.92 bits per heavy atom. The van der Waals surface area contributed by atoms with Crippen LogP contribution in [0.5, 0.6) is 0 Å². The Bertz CT molecular complexity index is 910. The van der Waals surface area contributed by atoms with Gasteiger partial charge in [0, 0.05) is 18.3 Å². The molecule has 0 amide bonds. The average Bonchev–Trinajstić information content (AvgIpc) is 3.13. The lowest BCUT2D eigenvalue weighted by Gasteiger charge is -2.04. The van der Waals surface area contributed by atoms with Crippen molar-refractivity contribution in [1.82, 2.24) is 19.7 Å². The van der Waals surface area contributed by atoms with Crippen molar-refractivity contribution in [3.05, 3.63) is 65.3 Å². The zero-order chi connectivity index (χ0) is 17.2. The van der Waals surface area contributed by atoms with Gasteiger partial charge >= 0.3 is 0 Å². The van der Waals surface area contributed by atoms with Crippen LogP contribution in [0.2, 0.25) is 0 Å². The molecular formula is C16H18N4O3S. The van der Waals surface area contributed by atoms with Gasteiger partial charge in [0.2, 0.25) is 10.0 Å². The average molecular weight is 346 g/mol. The fourth-order valence-electron chi connectivity index (χ4n) is 2.46. The normalized spacial score (nSPS) is 11.8. The molecule has 0 aliphatic rings. The second kappa shape index (κ2) is 6.58. The van der Waals surface area contributed by atoms with E-state index in [-0.39, 0.29) is 17.2 Å². The van der Waals surface area contributed by atoms with Crippen molar-refractivity contribution in [3.8, 4) is 0 Å². The molecule has 3 rings (SSSR count). The Morgan fingerprint density at radius 1 is 1.17 bits per heavy atom. The first-order chi connectivity index (χ1) is 11.5. The first-order valence-electron chi connectivity index (χ1n) is 7.43. The summed E-state index contributed by atoms with van der Waals surface area (Å²) in [6.45, 7) is 3.97. The number of hydrogen-bond donors (Lipinski definition) is 1. The summed E-state index contributed by atoms with van der Waals surface area (Å²) in [6, 6.07) is 9.93. The Balaban J connectivity index is 1.67. The van der Waals surface area contributed by atoms with Crippen LogP contribution in [0.3, 0.4) is 0 Å². The zero-order valence-electron chi connectivity index (χ0n) is 13.4. The predicted octanol–water partition coefficient (Wildman–Crippen LogP) is 2.01. The highest BCUT2D eigenvalue weighted by molar-refractivity contribution is 7.89. The third kappa shape index (κ3) is 3.55. The fourth-order valence-corrected chi connectivity index (χ4v) is 3.81. The minimum absolute atomic E-state index is 0.0965. The topological polar surface area (TPSA) is 90.0 Å². The lowest BCUT2D eigenvalue weighted by Crippen LogP contribution is -2.24. The number of sulfonamides is 1. The second-order valence-electron chi connectivity index (χ2n) is 5.51. The molecule has 126 valence electrons. The van der Waals surface area contributed by atoms with E-state index < -0.39 is 10.0 Å². The standard InChI is InChI=1S/C16H18N4O3S/c1-12-16(13(2)23-19-12)24(21,22)18-9-15-8-17-20(11-15)10-14-6-4-3-5-7-14/h3-8,11,18H,9-10H2,1-2H3. The maximum absolute atomic E-state index is 12.4. The molecule has 1 aromatic carbocycles. The van der Waals surface area contributed by atoms with Crippen molar-refractivity contribution in [2.75, 3.05) is 0 Å². The molecule has 2 heterocycles. The van der Waals surface area contributed by atoms with Crippen molar-refractivity contribution in [3.63, 3.8) is 0 Å². The number of rotatable bonds is 6. The molecule has 0 fully saturated rings. The van der Waals surface area contributed by atoms with Gasteiger partial charge in [-0.15, -0.1) is 0 Å². The summed E-state index contributed by atoms with van der Waals surface area (Å²) < 4.78 is 34.0. The lowest BCUT2D eigenvalue weighted by atomic mass is 10.2. The largest absolute Gasteiger partial charge is 0.360 e. The molecule has 7 nitrogen and oxygen atoms in total. The summed E-state index contributed by atoms with van der Waals surface area (Å²) in [6.07, 6.45) is 3.47. The van der Waals surface area contributed by atoms with Crippen molar-refractivity contribution < 1.29 is 12.9 Å².